The van der Waals surface area contributed by atoms with Gasteiger partial charge >= 0.3 is 6.03 Å². The number of hydrogen-bond donors (Lipinski definition) is 1. The maximum Gasteiger partial charge on any atom is 0.321 e. The highest BCUT2D eigenvalue weighted by Crippen LogP contribution is 2.34. The average molecular weight is 326 g/mol. The highest BCUT2D eigenvalue weighted by atomic mass is 32.2. The number of nitrogens with zero attached hydrogens (tertiary/aromatic N) is 1. The van der Waals surface area contributed by atoms with Gasteiger partial charge in [-0.05, 0) is 30.5 Å². The van der Waals surface area contributed by atoms with Crippen LogP contribution < -0.4 is 5.32 Å². The highest BCUT2D eigenvalue weighted by Gasteiger charge is 2.22. The lowest BCUT2D eigenvalue weighted by molar-refractivity contribution is 0.215. The Kier molecular flexibility index (Phi) is 5.23. The second-order valence-corrected chi connectivity index (χ2v) is 7.10. The minimum absolute atomic E-state index is 0.00797. The van der Waals surface area contributed by atoms with Crippen molar-refractivity contribution < 1.29 is 4.79 Å². The smallest absolute Gasteiger partial charge is 0.321 e. The molecule has 0 spiro atoms. The molecule has 2 amide bonds. The molecule has 0 bridgehead atoms. The third kappa shape index (κ3) is 4.08. The molecule has 0 aliphatic carbocycles. The van der Waals surface area contributed by atoms with Crippen molar-refractivity contribution in [1.82, 2.24) is 4.90 Å². The van der Waals surface area contributed by atoms with E-state index in [1.807, 2.05) is 53.9 Å². The fourth-order valence-electron chi connectivity index (χ4n) is 2.81. The Hall–Kier alpha value is -1.94. The van der Waals surface area contributed by atoms with Crippen molar-refractivity contribution in [3.05, 3.63) is 65.7 Å². The molecule has 23 heavy (non-hydrogen) atoms. The summed E-state index contributed by atoms with van der Waals surface area (Å²) in [6.07, 6.45) is 0.996. The van der Waals surface area contributed by atoms with Crippen molar-refractivity contribution in [2.75, 3.05) is 24.2 Å². The topological polar surface area (TPSA) is 32.3 Å². The number of carbonyl (C=O) groups excluding carboxylic acids is 1. The van der Waals surface area contributed by atoms with Gasteiger partial charge in [0.15, 0.2) is 0 Å². The molecule has 120 valence electrons. The van der Waals surface area contributed by atoms with Crippen molar-refractivity contribution >= 4 is 23.5 Å². The van der Waals surface area contributed by atoms with E-state index >= 15 is 0 Å². The van der Waals surface area contributed by atoms with Gasteiger partial charge in [0, 0.05) is 29.8 Å². The van der Waals surface area contributed by atoms with E-state index in [4.69, 9.17) is 0 Å². The Labute approximate surface area is 142 Å². The molecule has 0 unspecified atom stereocenters. The first kappa shape index (κ1) is 15.9. The molecule has 2 aromatic carbocycles. The second-order valence-electron chi connectivity index (χ2n) is 5.79. The number of thioether (sulfide) groups is 1. The van der Waals surface area contributed by atoms with Crippen molar-refractivity contribution in [1.29, 1.82) is 0 Å². The zero-order valence-electron chi connectivity index (χ0n) is 13.4. The Morgan fingerprint density at radius 3 is 2.61 bits per heavy atom. The summed E-state index contributed by atoms with van der Waals surface area (Å²) < 4.78 is 0. The maximum absolute atomic E-state index is 12.5. The Morgan fingerprint density at radius 2 is 1.83 bits per heavy atom. The monoisotopic (exact) mass is 326 g/mol. The molecule has 0 aromatic heterocycles. The number of aryl methyl sites for hydroxylation is 1. The van der Waals surface area contributed by atoms with Crippen LogP contribution in [0, 0.1) is 6.92 Å². The number of hydrogen-bond acceptors (Lipinski definition) is 2. The van der Waals surface area contributed by atoms with Crippen LogP contribution in [-0.2, 0) is 0 Å². The summed E-state index contributed by atoms with van der Waals surface area (Å²) >= 11 is 1.95. The zero-order chi connectivity index (χ0) is 16.1. The highest BCUT2D eigenvalue weighted by molar-refractivity contribution is 7.99. The Balaban J connectivity index is 1.61. The van der Waals surface area contributed by atoms with Crippen LogP contribution in [0.25, 0.3) is 0 Å². The maximum atomic E-state index is 12.5. The van der Waals surface area contributed by atoms with E-state index in [2.05, 4.69) is 29.6 Å². The number of para-hydroxylation sites is 1. The van der Waals surface area contributed by atoms with Crippen LogP contribution >= 0.6 is 11.8 Å². The average Bonchev–Trinajstić information content (AvgIpc) is 2.84. The van der Waals surface area contributed by atoms with Crippen LogP contribution in [0.1, 0.15) is 22.8 Å². The number of amides is 2. The van der Waals surface area contributed by atoms with Gasteiger partial charge in [0.1, 0.15) is 0 Å². The minimum Gasteiger partial charge on any atom is -0.324 e. The van der Waals surface area contributed by atoms with E-state index in [1.54, 1.807) is 0 Å². The number of nitrogens with one attached hydrogen (secondary N) is 1. The normalized spacial score (nSPS) is 18.3. The number of rotatable bonds is 2. The predicted octanol–water partition coefficient (Wildman–Crippen LogP) is 4.71. The lowest BCUT2D eigenvalue weighted by Gasteiger charge is -2.21. The third-order valence-corrected chi connectivity index (χ3v) is 5.52. The number of benzene rings is 2. The largest absolute Gasteiger partial charge is 0.324 e. The van der Waals surface area contributed by atoms with E-state index in [0.717, 1.165) is 36.5 Å². The van der Waals surface area contributed by atoms with Crippen LogP contribution in [0.5, 0.6) is 0 Å². The SMILES string of the molecule is Cc1ccccc1NC(=O)N1CCS[C@H](c2ccccc2)CC1. The van der Waals surface area contributed by atoms with Gasteiger partial charge in [0.05, 0.1) is 0 Å². The molecule has 1 saturated heterocycles. The minimum atomic E-state index is 0.00797. The van der Waals surface area contributed by atoms with Gasteiger partial charge in [-0.2, -0.15) is 11.8 Å². The van der Waals surface area contributed by atoms with Crippen molar-refractivity contribution in [3.8, 4) is 0 Å². The summed E-state index contributed by atoms with van der Waals surface area (Å²) in [6, 6.07) is 18.5. The molecule has 0 saturated carbocycles. The van der Waals surface area contributed by atoms with Gasteiger partial charge in [0.25, 0.3) is 0 Å². The van der Waals surface area contributed by atoms with Crippen LogP contribution in [0.2, 0.25) is 0 Å². The van der Waals surface area contributed by atoms with E-state index in [0.29, 0.717) is 5.25 Å². The van der Waals surface area contributed by atoms with Gasteiger partial charge in [-0.25, -0.2) is 4.79 Å². The molecule has 2 aromatic rings. The number of anilines is 1. The Bertz CT molecular complexity index is 659. The van der Waals surface area contributed by atoms with Crippen LogP contribution in [0.3, 0.4) is 0 Å². The molecular formula is C19H22N2OS. The summed E-state index contributed by atoms with van der Waals surface area (Å²) in [4.78, 5) is 14.5. The lowest BCUT2D eigenvalue weighted by Crippen LogP contribution is -2.36. The fourth-order valence-corrected chi connectivity index (χ4v) is 4.05. The summed E-state index contributed by atoms with van der Waals surface area (Å²) in [5, 5.41) is 3.52. The van der Waals surface area contributed by atoms with Crippen LogP contribution in [0.15, 0.2) is 54.6 Å². The van der Waals surface area contributed by atoms with Gasteiger partial charge in [-0.1, -0.05) is 48.5 Å². The van der Waals surface area contributed by atoms with Crippen molar-refractivity contribution in [3.63, 3.8) is 0 Å². The summed E-state index contributed by atoms with van der Waals surface area (Å²) in [5.74, 6) is 0.973. The summed E-state index contributed by atoms with van der Waals surface area (Å²) in [6.45, 7) is 3.61. The van der Waals surface area contributed by atoms with E-state index in [9.17, 15) is 4.79 Å². The van der Waals surface area contributed by atoms with Gasteiger partial charge in [-0.3, -0.25) is 0 Å². The van der Waals surface area contributed by atoms with E-state index < -0.39 is 0 Å². The van der Waals surface area contributed by atoms with Gasteiger partial charge in [0.2, 0.25) is 0 Å². The molecule has 1 fully saturated rings. The standard InChI is InChI=1S/C19H22N2OS/c1-15-7-5-6-10-17(15)20-19(22)21-12-11-18(23-14-13-21)16-8-3-2-4-9-16/h2-10,18H,11-14H2,1H3,(H,20,22)/t18-/m0/s1. The fraction of sp³-hybridized carbons (Fsp3) is 0.316. The molecule has 1 aliphatic rings. The molecule has 4 heteroatoms. The first-order valence-corrected chi connectivity index (χ1v) is 9.07. The van der Waals surface area contributed by atoms with Gasteiger partial charge < -0.3 is 10.2 Å². The van der Waals surface area contributed by atoms with E-state index in [1.165, 1.54) is 5.56 Å². The number of carbonyl (C=O) groups is 1. The molecule has 1 atom stereocenters. The molecular weight excluding hydrogens is 304 g/mol. The third-order valence-electron chi connectivity index (χ3n) is 4.19. The quantitative estimate of drug-likeness (QED) is 0.867. The van der Waals surface area contributed by atoms with Crippen molar-refractivity contribution in [2.24, 2.45) is 0 Å². The van der Waals surface area contributed by atoms with E-state index in [-0.39, 0.29) is 6.03 Å². The van der Waals surface area contributed by atoms with Crippen molar-refractivity contribution in [2.45, 2.75) is 18.6 Å². The zero-order valence-corrected chi connectivity index (χ0v) is 14.2. The first-order valence-electron chi connectivity index (χ1n) is 8.02. The molecule has 1 heterocycles. The first-order chi connectivity index (χ1) is 11.2. The molecule has 3 rings (SSSR count). The second kappa shape index (κ2) is 7.55. The molecule has 0 radical (unpaired) electrons. The van der Waals surface area contributed by atoms with Gasteiger partial charge in [-0.15, -0.1) is 0 Å². The lowest BCUT2D eigenvalue weighted by atomic mass is 10.1. The molecule has 1 aliphatic heterocycles. The van der Waals surface area contributed by atoms with Crippen LogP contribution in [-0.4, -0.2) is 29.8 Å². The predicted molar refractivity (Wildman–Crippen MR) is 98.0 cm³/mol. The molecule has 3 nitrogen and oxygen atoms in total. The Morgan fingerprint density at radius 1 is 1.09 bits per heavy atom. The number of urea groups is 1. The summed E-state index contributed by atoms with van der Waals surface area (Å²) in [7, 11) is 0. The summed E-state index contributed by atoms with van der Waals surface area (Å²) in [5.41, 5.74) is 3.35. The van der Waals surface area contributed by atoms with Crippen LogP contribution in [0.4, 0.5) is 10.5 Å². The molecule has 1 N–H and O–H groups in total.